The second kappa shape index (κ2) is 6.34. The zero-order chi connectivity index (χ0) is 18.5. The van der Waals surface area contributed by atoms with Crippen LogP contribution in [0.5, 0.6) is 0 Å². The Hall–Kier alpha value is -1.95. The molecule has 1 aromatic rings. The summed E-state index contributed by atoms with van der Waals surface area (Å²) < 4.78 is 14.0. The SMILES string of the molecule is CC(C)(F)c1cccc(NC(=O)CNC(=O)C2C3CN(C4CC4)CC32)c1. The maximum Gasteiger partial charge on any atom is 0.243 e. The predicted molar refractivity (Wildman–Crippen MR) is 97.3 cm³/mol. The normalized spacial score (nSPS) is 27.7. The Kier molecular flexibility index (Phi) is 4.26. The Balaban J connectivity index is 1.23. The fraction of sp³-hybridized carbons (Fsp3) is 0.600. The van der Waals surface area contributed by atoms with Gasteiger partial charge in [0, 0.05) is 30.7 Å². The van der Waals surface area contributed by atoms with Gasteiger partial charge in [0.05, 0.1) is 6.54 Å². The zero-order valence-electron chi connectivity index (χ0n) is 15.3. The highest BCUT2D eigenvalue weighted by Crippen LogP contribution is 2.53. The van der Waals surface area contributed by atoms with Gasteiger partial charge in [-0.2, -0.15) is 0 Å². The van der Waals surface area contributed by atoms with Gasteiger partial charge in [-0.25, -0.2) is 4.39 Å². The first-order valence-electron chi connectivity index (χ1n) is 9.44. The molecule has 1 saturated heterocycles. The molecule has 4 rings (SSSR count). The van der Waals surface area contributed by atoms with Crippen LogP contribution in [0.15, 0.2) is 24.3 Å². The molecule has 6 heteroatoms. The lowest BCUT2D eigenvalue weighted by atomic mass is 10.00. The van der Waals surface area contributed by atoms with E-state index in [0.717, 1.165) is 19.1 Å². The summed E-state index contributed by atoms with van der Waals surface area (Å²) in [6, 6.07) is 7.50. The number of carbonyl (C=O) groups is 2. The number of nitrogens with zero attached hydrogens (tertiary/aromatic N) is 1. The first-order chi connectivity index (χ1) is 12.3. The van der Waals surface area contributed by atoms with Crippen molar-refractivity contribution in [2.75, 3.05) is 25.0 Å². The molecule has 2 saturated carbocycles. The fourth-order valence-electron chi connectivity index (χ4n) is 4.14. The fourth-order valence-corrected chi connectivity index (χ4v) is 4.14. The quantitative estimate of drug-likeness (QED) is 0.819. The Morgan fingerprint density at radius 3 is 2.54 bits per heavy atom. The highest BCUT2D eigenvalue weighted by molar-refractivity contribution is 5.95. The van der Waals surface area contributed by atoms with Crippen LogP contribution in [0, 0.1) is 17.8 Å². The molecule has 3 fully saturated rings. The summed E-state index contributed by atoms with van der Waals surface area (Å²) in [5.41, 5.74) is -0.422. The van der Waals surface area contributed by atoms with E-state index in [1.165, 1.54) is 26.7 Å². The standard InChI is InChI=1S/C20H26FN3O2/c1-20(2,21)12-4-3-5-13(8-12)23-17(25)9-22-19(26)18-15-10-24(11-16(15)18)14-6-7-14/h3-5,8,14-16,18H,6-7,9-11H2,1-2H3,(H,22,26)(H,23,25). The Morgan fingerprint density at radius 1 is 1.23 bits per heavy atom. The number of anilines is 1. The van der Waals surface area contributed by atoms with Crippen LogP contribution in [0.25, 0.3) is 0 Å². The first kappa shape index (κ1) is 17.5. The number of benzene rings is 1. The summed E-state index contributed by atoms with van der Waals surface area (Å²) in [5, 5.41) is 5.48. The van der Waals surface area contributed by atoms with Gasteiger partial charge in [0.25, 0.3) is 0 Å². The smallest absolute Gasteiger partial charge is 0.243 e. The number of alkyl halides is 1. The minimum Gasteiger partial charge on any atom is -0.347 e. The molecule has 2 amide bonds. The second-order valence-electron chi connectivity index (χ2n) is 8.36. The molecule has 1 aromatic carbocycles. The third-order valence-electron chi connectivity index (χ3n) is 5.84. The van der Waals surface area contributed by atoms with Crippen LogP contribution in [-0.2, 0) is 15.3 Å². The van der Waals surface area contributed by atoms with Gasteiger partial charge in [-0.05, 0) is 56.2 Å². The first-order valence-corrected chi connectivity index (χ1v) is 9.44. The molecule has 3 aliphatic rings. The summed E-state index contributed by atoms with van der Waals surface area (Å²) in [5.74, 6) is 0.722. The molecule has 2 N–H and O–H groups in total. The number of fused-ring (bicyclic) bond motifs is 1. The molecule has 26 heavy (non-hydrogen) atoms. The van der Waals surface area contributed by atoms with Crippen molar-refractivity contribution in [3.63, 3.8) is 0 Å². The number of nitrogens with one attached hydrogen (secondary N) is 2. The Labute approximate surface area is 153 Å². The minimum absolute atomic E-state index is 0.00996. The molecule has 0 spiro atoms. The van der Waals surface area contributed by atoms with Crippen molar-refractivity contribution in [3.8, 4) is 0 Å². The maximum atomic E-state index is 14.0. The highest BCUT2D eigenvalue weighted by Gasteiger charge is 2.60. The monoisotopic (exact) mass is 359 g/mol. The van der Waals surface area contributed by atoms with E-state index in [2.05, 4.69) is 15.5 Å². The summed E-state index contributed by atoms with van der Waals surface area (Å²) in [6.07, 6.45) is 2.61. The summed E-state index contributed by atoms with van der Waals surface area (Å²) >= 11 is 0. The third-order valence-corrected chi connectivity index (χ3v) is 5.84. The van der Waals surface area contributed by atoms with E-state index >= 15 is 0 Å². The van der Waals surface area contributed by atoms with Crippen LogP contribution in [0.1, 0.15) is 32.3 Å². The lowest BCUT2D eigenvalue weighted by Crippen LogP contribution is -2.36. The lowest BCUT2D eigenvalue weighted by Gasteiger charge is -2.18. The van der Waals surface area contributed by atoms with E-state index in [-0.39, 0.29) is 24.3 Å². The molecular formula is C20H26FN3O2. The number of hydrogen-bond donors (Lipinski definition) is 2. The van der Waals surface area contributed by atoms with Crippen molar-refractivity contribution in [2.24, 2.45) is 17.8 Å². The van der Waals surface area contributed by atoms with Crippen LogP contribution in [-0.4, -0.2) is 42.4 Å². The number of amides is 2. The molecule has 140 valence electrons. The molecule has 5 nitrogen and oxygen atoms in total. The van der Waals surface area contributed by atoms with Gasteiger partial charge in [-0.1, -0.05) is 12.1 Å². The summed E-state index contributed by atoms with van der Waals surface area (Å²) in [6.45, 7) is 4.97. The van der Waals surface area contributed by atoms with E-state index in [1.54, 1.807) is 24.3 Å². The van der Waals surface area contributed by atoms with E-state index < -0.39 is 5.67 Å². The van der Waals surface area contributed by atoms with E-state index in [1.807, 2.05) is 0 Å². The largest absolute Gasteiger partial charge is 0.347 e. The van der Waals surface area contributed by atoms with Gasteiger partial charge in [-0.15, -0.1) is 0 Å². The van der Waals surface area contributed by atoms with Crippen LogP contribution in [0.3, 0.4) is 0 Å². The van der Waals surface area contributed by atoms with E-state index in [9.17, 15) is 14.0 Å². The number of hydrogen-bond acceptors (Lipinski definition) is 3. The average Bonchev–Trinajstić information content (AvgIpc) is 3.50. The van der Waals surface area contributed by atoms with Crippen molar-refractivity contribution >= 4 is 17.5 Å². The summed E-state index contributed by atoms with van der Waals surface area (Å²) in [7, 11) is 0. The van der Waals surface area contributed by atoms with Gasteiger partial charge in [0.2, 0.25) is 11.8 Å². The molecule has 1 heterocycles. The van der Waals surface area contributed by atoms with Crippen molar-refractivity contribution in [1.82, 2.24) is 10.2 Å². The van der Waals surface area contributed by atoms with Gasteiger partial charge >= 0.3 is 0 Å². The molecule has 0 bridgehead atoms. The number of carbonyl (C=O) groups excluding carboxylic acids is 2. The number of rotatable bonds is 6. The van der Waals surface area contributed by atoms with Crippen molar-refractivity contribution in [2.45, 2.75) is 38.4 Å². The maximum absolute atomic E-state index is 14.0. The molecule has 2 atom stereocenters. The number of halogens is 1. The molecule has 0 radical (unpaired) electrons. The van der Waals surface area contributed by atoms with Gasteiger partial charge in [0.15, 0.2) is 0 Å². The highest BCUT2D eigenvalue weighted by atomic mass is 19.1. The van der Waals surface area contributed by atoms with Crippen LogP contribution >= 0.6 is 0 Å². The van der Waals surface area contributed by atoms with Crippen LogP contribution in [0.2, 0.25) is 0 Å². The Morgan fingerprint density at radius 2 is 1.92 bits per heavy atom. The second-order valence-corrected chi connectivity index (χ2v) is 8.36. The Bertz CT molecular complexity index is 714. The molecule has 0 aromatic heterocycles. The van der Waals surface area contributed by atoms with Crippen LogP contribution in [0.4, 0.5) is 10.1 Å². The average molecular weight is 359 g/mol. The molecule has 1 aliphatic heterocycles. The summed E-state index contributed by atoms with van der Waals surface area (Å²) in [4.78, 5) is 26.9. The van der Waals surface area contributed by atoms with E-state index in [4.69, 9.17) is 0 Å². The van der Waals surface area contributed by atoms with Crippen molar-refractivity contribution in [1.29, 1.82) is 0 Å². The van der Waals surface area contributed by atoms with Gasteiger partial charge in [-0.3, -0.25) is 14.5 Å². The van der Waals surface area contributed by atoms with E-state index in [0.29, 0.717) is 23.1 Å². The predicted octanol–water partition coefficient (Wildman–Crippen LogP) is 2.29. The number of piperidine rings is 1. The van der Waals surface area contributed by atoms with Crippen molar-refractivity contribution in [3.05, 3.63) is 29.8 Å². The van der Waals surface area contributed by atoms with Gasteiger partial charge in [0.1, 0.15) is 5.67 Å². The van der Waals surface area contributed by atoms with Crippen LogP contribution < -0.4 is 10.6 Å². The van der Waals surface area contributed by atoms with Crippen molar-refractivity contribution < 1.29 is 14.0 Å². The molecular weight excluding hydrogens is 333 g/mol. The third kappa shape index (κ3) is 3.61. The lowest BCUT2D eigenvalue weighted by molar-refractivity contribution is -0.125. The minimum atomic E-state index is -1.47. The molecule has 2 aliphatic carbocycles. The zero-order valence-corrected chi connectivity index (χ0v) is 15.3. The molecule has 2 unspecified atom stereocenters. The topological polar surface area (TPSA) is 61.4 Å². The van der Waals surface area contributed by atoms with Gasteiger partial charge < -0.3 is 10.6 Å². The number of likely N-dealkylation sites (tertiary alicyclic amines) is 1.